The molecule has 0 bridgehead atoms. The van der Waals surface area contributed by atoms with Crippen LogP contribution in [0.3, 0.4) is 0 Å². The van der Waals surface area contributed by atoms with E-state index < -0.39 is 23.6 Å². The topological polar surface area (TPSA) is 89.3 Å². The van der Waals surface area contributed by atoms with Crippen LogP contribution in [0.1, 0.15) is 46.8 Å². The van der Waals surface area contributed by atoms with Gasteiger partial charge in [-0.25, -0.2) is 9.67 Å². The van der Waals surface area contributed by atoms with Gasteiger partial charge in [-0.3, -0.25) is 4.79 Å². The van der Waals surface area contributed by atoms with Crippen molar-refractivity contribution in [3.8, 4) is 5.88 Å². The highest BCUT2D eigenvalue weighted by Gasteiger charge is 2.32. The number of halogens is 4. The minimum atomic E-state index is -4.54. The third-order valence-electron chi connectivity index (χ3n) is 6.04. The molecule has 3 heterocycles. The molecule has 1 aliphatic rings. The smallest absolute Gasteiger partial charge is 0.416 e. The van der Waals surface area contributed by atoms with E-state index in [-0.39, 0.29) is 22.9 Å². The number of carboxylic acids is 1. The first-order valence-corrected chi connectivity index (χ1v) is 12.4. The van der Waals surface area contributed by atoms with Gasteiger partial charge >= 0.3 is 12.1 Å². The van der Waals surface area contributed by atoms with Gasteiger partial charge in [-0.15, -0.1) is 0 Å². The number of hydrogen-bond acceptors (Lipinski definition) is 5. The number of pyridine rings is 1. The lowest BCUT2D eigenvalue weighted by Crippen LogP contribution is -2.14. The van der Waals surface area contributed by atoms with Crippen LogP contribution >= 0.6 is 15.9 Å². The number of fused-ring (bicyclic) bond motifs is 1. The van der Waals surface area contributed by atoms with Crippen LogP contribution in [0.5, 0.6) is 5.88 Å². The number of nitrogens with one attached hydrogen (secondary N) is 1. The molecule has 2 N–H and O–H groups in total. The summed E-state index contributed by atoms with van der Waals surface area (Å²) in [7, 11) is 1.70. The van der Waals surface area contributed by atoms with Crippen molar-refractivity contribution in [2.75, 3.05) is 18.5 Å². The first-order chi connectivity index (χ1) is 17.1. The molecule has 0 amide bonds. The zero-order chi connectivity index (χ0) is 25.9. The maximum absolute atomic E-state index is 13.3. The van der Waals surface area contributed by atoms with Crippen LogP contribution in [0.25, 0.3) is 0 Å². The molecule has 0 radical (unpaired) electrons. The highest BCUT2D eigenvalue weighted by Crippen LogP contribution is 2.35. The van der Waals surface area contributed by atoms with E-state index in [0.29, 0.717) is 24.6 Å². The van der Waals surface area contributed by atoms with E-state index in [1.54, 1.807) is 13.1 Å². The quantitative estimate of drug-likeness (QED) is 0.361. The maximum Gasteiger partial charge on any atom is 0.416 e. The Morgan fingerprint density at radius 2 is 2.06 bits per heavy atom. The van der Waals surface area contributed by atoms with E-state index in [2.05, 4.69) is 37.4 Å². The van der Waals surface area contributed by atoms with Crippen LogP contribution < -0.4 is 10.1 Å². The summed E-state index contributed by atoms with van der Waals surface area (Å²) in [6, 6.07) is 9.26. The summed E-state index contributed by atoms with van der Waals surface area (Å²) < 4.78 is 47.6. The molecule has 1 unspecified atom stereocenters. The Morgan fingerprint density at radius 3 is 2.81 bits per heavy atom. The number of hydrogen-bond donors (Lipinski definition) is 2. The third-order valence-corrected chi connectivity index (χ3v) is 6.50. The van der Waals surface area contributed by atoms with E-state index in [1.807, 2.05) is 6.07 Å². The number of carbonyl (C=O) groups is 1. The molecule has 36 heavy (non-hydrogen) atoms. The Morgan fingerprint density at radius 1 is 1.25 bits per heavy atom. The summed E-state index contributed by atoms with van der Waals surface area (Å²) >= 11 is 3.11. The van der Waals surface area contributed by atoms with Crippen molar-refractivity contribution in [2.24, 2.45) is 7.05 Å². The van der Waals surface area contributed by atoms with Crippen LogP contribution in [0, 0.1) is 0 Å². The Balaban J connectivity index is 1.44. The summed E-state index contributed by atoms with van der Waals surface area (Å²) in [5.74, 6) is -0.392. The summed E-state index contributed by atoms with van der Waals surface area (Å²) in [5, 5.41) is 17.1. The van der Waals surface area contributed by atoms with Gasteiger partial charge in [0.05, 0.1) is 24.3 Å². The lowest BCUT2D eigenvalue weighted by Gasteiger charge is -2.17. The number of alkyl halides is 3. The van der Waals surface area contributed by atoms with Gasteiger partial charge in [-0.1, -0.05) is 22.0 Å². The SMILES string of the molecule is Cn1nc(CC(CC(=O)O)c2cc(Br)cc(C(F)(F)F)c2)cc1OCCc1ccc2c(n1)NCCC2. The Labute approximate surface area is 214 Å². The number of benzene rings is 1. The third kappa shape index (κ3) is 6.57. The van der Waals surface area contributed by atoms with E-state index in [1.165, 1.54) is 16.3 Å². The number of ether oxygens (including phenoxy) is 1. The van der Waals surface area contributed by atoms with Crippen molar-refractivity contribution in [3.63, 3.8) is 0 Å². The van der Waals surface area contributed by atoms with Crippen molar-refractivity contribution in [1.82, 2.24) is 14.8 Å². The van der Waals surface area contributed by atoms with Gasteiger partial charge < -0.3 is 15.2 Å². The largest absolute Gasteiger partial charge is 0.481 e. The lowest BCUT2D eigenvalue weighted by molar-refractivity contribution is -0.138. The number of aliphatic carboxylic acids is 1. The first-order valence-electron chi connectivity index (χ1n) is 11.6. The summed E-state index contributed by atoms with van der Waals surface area (Å²) in [5.41, 5.74) is 2.09. The number of aromatic nitrogens is 3. The standard InChI is InChI=1S/C25H26BrF3N4O3/c1-33-22(36-8-6-20-5-4-15-3-2-7-30-24(15)31-20)14-21(32-33)11-17(12-23(34)35)16-9-18(25(27,28)29)13-19(26)10-16/h4-5,9-10,13-14,17H,2-3,6-8,11-12H2,1H3,(H,30,31)(H,34,35). The minimum absolute atomic E-state index is 0.148. The fourth-order valence-electron chi connectivity index (χ4n) is 4.29. The van der Waals surface area contributed by atoms with Gasteiger partial charge in [0.2, 0.25) is 5.88 Å². The number of carboxylic acid groups (broad SMARTS) is 1. The fraction of sp³-hybridized carbons (Fsp3) is 0.400. The van der Waals surface area contributed by atoms with Crippen molar-refractivity contribution >= 4 is 27.7 Å². The molecular weight excluding hydrogens is 541 g/mol. The van der Waals surface area contributed by atoms with Gasteiger partial charge in [-0.2, -0.15) is 18.3 Å². The second-order valence-electron chi connectivity index (χ2n) is 8.81. The molecule has 1 atom stereocenters. The maximum atomic E-state index is 13.3. The van der Waals surface area contributed by atoms with Gasteiger partial charge in [0.15, 0.2) is 0 Å². The molecule has 0 fully saturated rings. The Hall–Kier alpha value is -3.08. The second kappa shape index (κ2) is 10.9. The molecule has 4 rings (SSSR count). The van der Waals surface area contributed by atoms with E-state index >= 15 is 0 Å². The van der Waals surface area contributed by atoms with E-state index in [0.717, 1.165) is 43.0 Å². The average molecular weight is 567 g/mol. The lowest BCUT2D eigenvalue weighted by atomic mass is 9.90. The normalized spacial score (nSPS) is 14.1. The molecular formula is C25H26BrF3N4O3. The van der Waals surface area contributed by atoms with E-state index in [4.69, 9.17) is 4.74 Å². The average Bonchev–Trinajstić information content (AvgIpc) is 3.16. The predicted octanol–water partition coefficient (Wildman–Crippen LogP) is 5.38. The molecule has 0 saturated heterocycles. The number of anilines is 1. The second-order valence-corrected chi connectivity index (χ2v) is 9.72. The molecule has 11 heteroatoms. The zero-order valence-electron chi connectivity index (χ0n) is 19.6. The van der Waals surface area contributed by atoms with Crippen LogP contribution in [0.2, 0.25) is 0 Å². The molecule has 2 aromatic heterocycles. The fourth-order valence-corrected chi connectivity index (χ4v) is 4.80. The van der Waals surface area contributed by atoms with E-state index in [9.17, 15) is 23.1 Å². The zero-order valence-corrected chi connectivity index (χ0v) is 21.2. The van der Waals surface area contributed by atoms with Gasteiger partial charge in [0, 0.05) is 36.2 Å². The Kier molecular flexibility index (Phi) is 7.87. The molecule has 0 aliphatic carbocycles. The van der Waals surface area contributed by atoms with Crippen molar-refractivity contribution < 1.29 is 27.8 Å². The van der Waals surface area contributed by atoms with Gasteiger partial charge in [0.25, 0.3) is 0 Å². The van der Waals surface area contributed by atoms with Crippen LogP contribution in [0.4, 0.5) is 19.0 Å². The van der Waals surface area contributed by atoms with Crippen LogP contribution in [-0.4, -0.2) is 39.0 Å². The highest BCUT2D eigenvalue weighted by atomic mass is 79.9. The molecule has 1 aliphatic heterocycles. The van der Waals surface area contributed by atoms with Crippen LogP contribution in [0.15, 0.2) is 40.9 Å². The monoisotopic (exact) mass is 566 g/mol. The number of rotatable bonds is 9. The van der Waals surface area contributed by atoms with Gasteiger partial charge in [0.1, 0.15) is 5.82 Å². The van der Waals surface area contributed by atoms with Crippen molar-refractivity contribution in [2.45, 2.75) is 44.2 Å². The summed E-state index contributed by atoms with van der Waals surface area (Å²) in [6.45, 7) is 1.28. The number of aryl methyl sites for hydroxylation is 2. The van der Waals surface area contributed by atoms with Gasteiger partial charge in [-0.05, 0) is 60.6 Å². The highest BCUT2D eigenvalue weighted by molar-refractivity contribution is 9.10. The summed E-state index contributed by atoms with van der Waals surface area (Å²) in [4.78, 5) is 16.1. The van der Waals surface area contributed by atoms with Crippen LogP contribution in [-0.2, 0) is 37.3 Å². The molecule has 3 aromatic rings. The number of nitrogens with zero attached hydrogens (tertiary/aromatic N) is 3. The molecule has 0 saturated carbocycles. The minimum Gasteiger partial charge on any atom is -0.481 e. The predicted molar refractivity (Wildman–Crippen MR) is 131 cm³/mol. The Bertz CT molecular complexity index is 1250. The van der Waals surface area contributed by atoms with Crippen molar-refractivity contribution in [1.29, 1.82) is 0 Å². The summed E-state index contributed by atoms with van der Waals surface area (Å²) in [6.07, 6.45) is -2.02. The van der Waals surface area contributed by atoms with Crippen molar-refractivity contribution in [3.05, 3.63) is 68.9 Å². The molecule has 1 aromatic carbocycles. The molecule has 0 spiro atoms. The molecule has 192 valence electrons. The molecule has 7 nitrogen and oxygen atoms in total. The first kappa shape index (κ1) is 26.0.